The first kappa shape index (κ1) is 11.1. The van der Waals surface area contributed by atoms with Crippen LogP contribution < -0.4 is 5.73 Å². The Balaban J connectivity index is 2.04. The minimum Gasteiger partial charge on any atom is -0.337 e. The molecule has 1 aromatic heterocycles. The molecule has 2 heterocycles. The van der Waals surface area contributed by atoms with Gasteiger partial charge in [0.1, 0.15) is 0 Å². The van der Waals surface area contributed by atoms with Crippen molar-refractivity contribution in [1.29, 1.82) is 0 Å². The number of pyridine rings is 1. The highest BCUT2D eigenvalue weighted by Crippen LogP contribution is 2.13. The second-order valence-corrected chi connectivity index (χ2v) is 4.13. The van der Waals surface area contributed by atoms with Gasteiger partial charge in [0.15, 0.2) is 0 Å². The van der Waals surface area contributed by atoms with E-state index in [-0.39, 0.29) is 5.91 Å². The molecule has 1 saturated heterocycles. The molecule has 1 aliphatic heterocycles. The molecule has 0 aliphatic carbocycles. The highest BCUT2D eigenvalue weighted by atomic mass is 16.2. The fraction of sp³-hybridized carbons (Fsp3) is 0.500. The summed E-state index contributed by atoms with van der Waals surface area (Å²) in [5.41, 5.74) is 7.56. The summed E-state index contributed by atoms with van der Waals surface area (Å²) in [6, 6.07) is 3.88. The van der Waals surface area contributed by atoms with Crippen molar-refractivity contribution in [3.63, 3.8) is 0 Å². The Morgan fingerprint density at radius 2 is 2.31 bits per heavy atom. The SMILES string of the molecule is NCc1ccnc(CN2CCCCC2=O)c1. The fourth-order valence-corrected chi connectivity index (χ4v) is 1.97. The molecule has 0 saturated carbocycles. The van der Waals surface area contributed by atoms with Gasteiger partial charge in [-0.25, -0.2) is 0 Å². The van der Waals surface area contributed by atoms with E-state index in [1.807, 2.05) is 17.0 Å². The molecule has 1 aliphatic rings. The highest BCUT2D eigenvalue weighted by Gasteiger charge is 2.18. The average molecular weight is 219 g/mol. The van der Waals surface area contributed by atoms with Crippen LogP contribution in [-0.4, -0.2) is 22.3 Å². The molecular weight excluding hydrogens is 202 g/mol. The Kier molecular flexibility index (Phi) is 3.51. The lowest BCUT2D eigenvalue weighted by Crippen LogP contribution is -2.34. The first-order valence-electron chi connectivity index (χ1n) is 5.71. The molecule has 0 radical (unpaired) electrons. The maximum atomic E-state index is 11.6. The number of likely N-dealkylation sites (tertiary alicyclic amines) is 1. The van der Waals surface area contributed by atoms with Gasteiger partial charge in [0, 0.05) is 25.7 Å². The summed E-state index contributed by atoms with van der Waals surface area (Å²) < 4.78 is 0. The van der Waals surface area contributed by atoms with Gasteiger partial charge in [-0.1, -0.05) is 0 Å². The van der Waals surface area contributed by atoms with Crippen molar-refractivity contribution in [3.8, 4) is 0 Å². The van der Waals surface area contributed by atoms with Gasteiger partial charge >= 0.3 is 0 Å². The Morgan fingerprint density at radius 1 is 1.44 bits per heavy atom. The summed E-state index contributed by atoms with van der Waals surface area (Å²) in [7, 11) is 0. The predicted molar refractivity (Wildman–Crippen MR) is 61.4 cm³/mol. The molecule has 0 spiro atoms. The molecular formula is C12H17N3O. The first-order valence-corrected chi connectivity index (χ1v) is 5.71. The topological polar surface area (TPSA) is 59.2 Å². The number of hydrogen-bond acceptors (Lipinski definition) is 3. The number of piperidine rings is 1. The van der Waals surface area contributed by atoms with E-state index in [1.165, 1.54) is 0 Å². The van der Waals surface area contributed by atoms with E-state index < -0.39 is 0 Å². The van der Waals surface area contributed by atoms with Gasteiger partial charge in [-0.3, -0.25) is 9.78 Å². The third kappa shape index (κ3) is 2.58. The van der Waals surface area contributed by atoms with Crippen LogP contribution in [0.5, 0.6) is 0 Å². The van der Waals surface area contributed by atoms with Crippen molar-refractivity contribution in [2.24, 2.45) is 5.73 Å². The maximum Gasteiger partial charge on any atom is 0.222 e. The van der Waals surface area contributed by atoms with Crippen LogP contribution in [0.4, 0.5) is 0 Å². The predicted octanol–water partition coefficient (Wildman–Crippen LogP) is 1.05. The zero-order valence-electron chi connectivity index (χ0n) is 9.35. The minimum absolute atomic E-state index is 0.242. The van der Waals surface area contributed by atoms with Gasteiger partial charge in [0.05, 0.1) is 12.2 Å². The standard InChI is InChI=1S/C12H17N3O/c13-8-10-4-5-14-11(7-10)9-15-6-2-1-3-12(15)16/h4-5,7H,1-3,6,8-9,13H2. The summed E-state index contributed by atoms with van der Waals surface area (Å²) in [5, 5.41) is 0. The first-order chi connectivity index (χ1) is 7.79. The monoisotopic (exact) mass is 219 g/mol. The summed E-state index contributed by atoms with van der Waals surface area (Å²) in [4.78, 5) is 17.8. The van der Waals surface area contributed by atoms with Crippen LogP contribution in [0.3, 0.4) is 0 Å². The normalized spacial score (nSPS) is 16.6. The van der Waals surface area contributed by atoms with Gasteiger partial charge in [-0.05, 0) is 30.5 Å². The van der Waals surface area contributed by atoms with Gasteiger partial charge in [0.25, 0.3) is 0 Å². The van der Waals surface area contributed by atoms with E-state index in [0.717, 1.165) is 30.6 Å². The molecule has 0 atom stereocenters. The molecule has 4 heteroatoms. The molecule has 4 nitrogen and oxygen atoms in total. The Bertz CT molecular complexity index is 378. The molecule has 1 fully saturated rings. The molecule has 0 unspecified atom stereocenters. The Morgan fingerprint density at radius 3 is 3.06 bits per heavy atom. The smallest absolute Gasteiger partial charge is 0.222 e. The van der Waals surface area contributed by atoms with Crippen molar-refractivity contribution >= 4 is 5.91 Å². The van der Waals surface area contributed by atoms with Crippen LogP contribution in [0.2, 0.25) is 0 Å². The van der Waals surface area contributed by atoms with Gasteiger partial charge in [-0.2, -0.15) is 0 Å². The molecule has 1 amide bonds. The highest BCUT2D eigenvalue weighted by molar-refractivity contribution is 5.76. The second-order valence-electron chi connectivity index (χ2n) is 4.13. The number of aromatic nitrogens is 1. The van der Waals surface area contributed by atoms with E-state index in [0.29, 0.717) is 19.5 Å². The van der Waals surface area contributed by atoms with Crippen LogP contribution >= 0.6 is 0 Å². The van der Waals surface area contributed by atoms with Gasteiger partial charge in [-0.15, -0.1) is 0 Å². The third-order valence-corrected chi connectivity index (χ3v) is 2.89. The number of nitrogens with zero attached hydrogens (tertiary/aromatic N) is 2. The Labute approximate surface area is 95.5 Å². The lowest BCUT2D eigenvalue weighted by Gasteiger charge is -2.26. The quantitative estimate of drug-likeness (QED) is 0.826. The van der Waals surface area contributed by atoms with Crippen LogP contribution in [0, 0.1) is 0 Å². The molecule has 0 aromatic carbocycles. The summed E-state index contributed by atoms with van der Waals surface area (Å²) in [6.07, 6.45) is 4.55. The third-order valence-electron chi connectivity index (χ3n) is 2.89. The largest absolute Gasteiger partial charge is 0.337 e. The van der Waals surface area contributed by atoms with Gasteiger partial charge < -0.3 is 10.6 Å². The van der Waals surface area contributed by atoms with Crippen LogP contribution in [-0.2, 0) is 17.9 Å². The van der Waals surface area contributed by atoms with Crippen LogP contribution in [0.1, 0.15) is 30.5 Å². The molecule has 86 valence electrons. The second kappa shape index (κ2) is 5.07. The van der Waals surface area contributed by atoms with Crippen molar-refractivity contribution in [2.45, 2.75) is 32.4 Å². The molecule has 2 rings (SSSR count). The van der Waals surface area contributed by atoms with E-state index in [1.54, 1.807) is 6.20 Å². The lowest BCUT2D eigenvalue weighted by molar-refractivity contribution is -0.133. The average Bonchev–Trinajstić information content (AvgIpc) is 2.32. The number of nitrogens with two attached hydrogens (primary N) is 1. The summed E-state index contributed by atoms with van der Waals surface area (Å²) in [6.45, 7) is 1.99. The Hall–Kier alpha value is -1.42. The number of carbonyl (C=O) groups is 1. The molecule has 2 N–H and O–H groups in total. The van der Waals surface area contributed by atoms with E-state index in [4.69, 9.17) is 5.73 Å². The maximum absolute atomic E-state index is 11.6. The number of amides is 1. The molecule has 1 aromatic rings. The number of hydrogen-bond donors (Lipinski definition) is 1. The molecule has 16 heavy (non-hydrogen) atoms. The zero-order valence-corrected chi connectivity index (χ0v) is 9.35. The number of rotatable bonds is 3. The van der Waals surface area contributed by atoms with Crippen molar-refractivity contribution in [1.82, 2.24) is 9.88 Å². The van der Waals surface area contributed by atoms with Crippen molar-refractivity contribution in [3.05, 3.63) is 29.6 Å². The van der Waals surface area contributed by atoms with E-state index in [9.17, 15) is 4.79 Å². The lowest BCUT2D eigenvalue weighted by atomic mass is 10.1. The van der Waals surface area contributed by atoms with Crippen molar-refractivity contribution < 1.29 is 4.79 Å². The van der Waals surface area contributed by atoms with Crippen LogP contribution in [0.15, 0.2) is 18.3 Å². The number of carbonyl (C=O) groups excluding carboxylic acids is 1. The van der Waals surface area contributed by atoms with E-state index >= 15 is 0 Å². The summed E-state index contributed by atoms with van der Waals surface area (Å²) in [5.74, 6) is 0.242. The van der Waals surface area contributed by atoms with Gasteiger partial charge in [0.2, 0.25) is 5.91 Å². The minimum atomic E-state index is 0.242. The molecule has 0 bridgehead atoms. The fourth-order valence-electron chi connectivity index (χ4n) is 1.97. The van der Waals surface area contributed by atoms with E-state index in [2.05, 4.69) is 4.98 Å². The zero-order chi connectivity index (χ0) is 11.4. The van der Waals surface area contributed by atoms with Crippen LogP contribution in [0.25, 0.3) is 0 Å². The van der Waals surface area contributed by atoms with Crippen molar-refractivity contribution in [2.75, 3.05) is 6.54 Å². The summed E-state index contributed by atoms with van der Waals surface area (Å²) >= 11 is 0.